The topological polar surface area (TPSA) is 103 Å². The number of nitro benzene ring substituents is 1. The van der Waals surface area contributed by atoms with Crippen LogP contribution < -0.4 is 5.32 Å². The lowest BCUT2D eigenvalue weighted by atomic mass is 10.1. The summed E-state index contributed by atoms with van der Waals surface area (Å²) in [6, 6.07) is 19.1. The minimum Gasteiger partial charge on any atom is -0.460 e. The van der Waals surface area contributed by atoms with E-state index in [2.05, 4.69) is 10.4 Å². The molecule has 0 aliphatic carbocycles. The van der Waals surface area contributed by atoms with Crippen molar-refractivity contribution in [3.8, 4) is 17.1 Å². The molecule has 0 saturated carbocycles. The van der Waals surface area contributed by atoms with Crippen LogP contribution in [-0.4, -0.2) is 20.6 Å². The third-order valence-electron chi connectivity index (χ3n) is 4.55. The Morgan fingerprint density at radius 1 is 1.10 bits per heavy atom. The highest BCUT2D eigenvalue weighted by atomic mass is 16.6. The molecule has 0 radical (unpaired) electrons. The van der Waals surface area contributed by atoms with Gasteiger partial charge in [-0.25, -0.2) is 4.68 Å². The zero-order valence-electron chi connectivity index (χ0n) is 16.1. The van der Waals surface area contributed by atoms with E-state index in [1.165, 1.54) is 12.1 Å². The summed E-state index contributed by atoms with van der Waals surface area (Å²) in [5, 5.41) is 18.2. The number of rotatable bonds is 6. The number of nitro groups is 1. The molecule has 0 saturated heterocycles. The minimum absolute atomic E-state index is 0.00434. The Hall–Kier alpha value is -4.20. The van der Waals surface area contributed by atoms with Crippen LogP contribution in [0.1, 0.15) is 21.7 Å². The van der Waals surface area contributed by atoms with E-state index in [0.717, 1.165) is 17.0 Å². The number of hydrogen-bond donors (Lipinski definition) is 1. The second kappa shape index (κ2) is 8.04. The van der Waals surface area contributed by atoms with Gasteiger partial charge in [0.15, 0.2) is 5.76 Å². The van der Waals surface area contributed by atoms with Crippen molar-refractivity contribution in [3.63, 3.8) is 0 Å². The first-order valence-corrected chi connectivity index (χ1v) is 9.25. The Balaban J connectivity index is 1.60. The summed E-state index contributed by atoms with van der Waals surface area (Å²) < 4.78 is 7.32. The molecule has 30 heavy (non-hydrogen) atoms. The van der Waals surface area contributed by atoms with Crippen LogP contribution >= 0.6 is 0 Å². The molecule has 4 rings (SSSR count). The van der Waals surface area contributed by atoms with E-state index in [1.54, 1.807) is 29.1 Å². The number of amides is 1. The molecule has 8 nitrogen and oxygen atoms in total. The quantitative estimate of drug-likeness (QED) is 0.383. The first-order valence-electron chi connectivity index (χ1n) is 9.25. The summed E-state index contributed by atoms with van der Waals surface area (Å²) in [7, 11) is 0. The third-order valence-corrected chi connectivity index (χ3v) is 4.55. The molecule has 1 amide bonds. The number of carbonyl (C=O) groups excluding carboxylic acids is 1. The average Bonchev–Trinajstić information content (AvgIpc) is 3.39. The molecule has 2 heterocycles. The molecular formula is C22H18N4O4. The number of non-ortho nitro benzene ring substituents is 1. The number of hydrogen-bond acceptors (Lipinski definition) is 5. The van der Waals surface area contributed by atoms with E-state index in [4.69, 9.17) is 4.42 Å². The van der Waals surface area contributed by atoms with E-state index in [-0.39, 0.29) is 18.1 Å². The van der Waals surface area contributed by atoms with Crippen molar-refractivity contribution >= 4 is 11.6 Å². The second-order valence-corrected chi connectivity index (χ2v) is 6.69. The fraction of sp³-hybridized carbons (Fsp3) is 0.0909. The van der Waals surface area contributed by atoms with Gasteiger partial charge in [0.1, 0.15) is 11.5 Å². The minimum atomic E-state index is -0.460. The van der Waals surface area contributed by atoms with Gasteiger partial charge < -0.3 is 9.73 Å². The Morgan fingerprint density at radius 3 is 2.47 bits per heavy atom. The summed E-state index contributed by atoms with van der Waals surface area (Å²) in [5.41, 5.74) is 2.38. The fourth-order valence-electron chi connectivity index (χ4n) is 3.01. The number of aryl methyl sites for hydroxylation is 1. The van der Waals surface area contributed by atoms with Gasteiger partial charge in [0, 0.05) is 24.9 Å². The molecular weight excluding hydrogens is 384 g/mol. The monoisotopic (exact) mass is 402 g/mol. The SMILES string of the molecule is Cc1ccc(-c2nn(-c3ccccc3)cc2C(=O)NCc2ccc([N+](=O)[O-])cc2)o1. The van der Waals surface area contributed by atoms with Crippen LogP contribution in [0.15, 0.2) is 77.3 Å². The second-order valence-electron chi connectivity index (χ2n) is 6.69. The van der Waals surface area contributed by atoms with Crippen LogP contribution in [0.4, 0.5) is 5.69 Å². The van der Waals surface area contributed by atoms with Crippen molar-refractivity contribution in [2.45, 2.75) is 13.5 Å². The zero-order chi connectivity index (χ0) is 21.1. The first-order chi connectivity index (χ1) is 14.5. The normalized spacial score (nSPS) is 10.7. The van der Waals surface area contributed by atoms with E-state index >= 15 is 0 Å². The Morgan fingerprint density at radius 2 is 1.83 bits per heavy atom. The summed E-state index contributed by atoms with van der Waals surface area (Å²) in [6.07, 6.45) is 1.66. The maximum Gasteiger partial charge on any atom is 0.269 e. The fourth-order valence-corrected chi connectivity index (χ4v) is 3.01. The molecule has 0 atom stereocenters. The van der Waals surface area contributed by atoms with E-state index in [0.29, 0.717) is 17.0 Å². The van der Waals surface area contributed by atoms with Gasteiger partial charge in [0.25, 0.3) is 11.6 Å². The largest absolute Gasteiger partial charge is 0.460 e. The molecule has 0 aliphatic heterocycles. The lowest BCUT2D eigenvalue weighted by Crippen LogP contribution is -2.23. The summed E-state index contributed by atoms with van der Waals surface area (Å²) in [6.45, 7) is 2.05. The van der Waals surface area contributed by atoms with Crippen LogP contribution in [0, 0.1) is 17.0 Å². The molecule has 2 aromatic carbocycles. The summed E-state index contributed by atoms with van der Waals surface area (Å²) in [5.74, 6) is 0.902. The molecule has 8 heteroatoms. The maximum atomic E-state index is 12.9. The van der Waals surface area contributed by atoms with Crippen LogP contribution in [-0.2, 0) is 6.54 Å². The van der Waals surface area contributed by atoms with Gasteiger partial charge in [-0.15, -0.1) is 0 Å². The molecule has 2 aromatic heterocycles. The van der Waals surface area contributed by atoms with Crippen LogP contribution in [0.5, 0.6) is 0 Å². The van der Waals surface area contributed by atoms with Gasteiger partial charge in [0.2, 0.25) is 0 Å². The van der Waals surface area contributed by atoms with E-state index < -0.39 is 4.92 Å². The van der Waals surface area contributed by atoms with Crippen molar-refractivity contribution in [2.75, 3.05) is 0 Å². The first kappa shape index (κ1) is 19.1. The standard InChI is InChI=1S/C22H18N4O4/c1-15-7-12-20(30-15)21-19(14-25(24-21)17-5-3-2-4-6-17)22(27)23-13-16-8-10-18(11-9-16)26(28)29/h2-12,14H,13H2,1H3,(H,23,27). The van der Waals surface area contributed by atoms with Crippen molar-refractivity contribution in [3.05, 3.63) is 99.9 Å². The van der Waals surface area contributed by atoms with Crippen LogP contribution in [0.25, 0.3) is 17.1 Å². The highest BCUT2D eigenvalue weighted by Crippen LogP contribution is 2.26. The summed E-state index contributed by atoms with van der Waals surface area (Å²) >= 11 is 0. The number of furan rings is 1. The maximum absolute atomic E-state index is 12.9. The highest BCUT2D eigenvalue weighted by Gasteiger charge is 2.21. The molecule has 0 spiro atoms. The predicted molar refractivity (Wildman–Crippen MR) is 110 cm³/mol. The number of para-hydroxylation sites is 1. The van der Waals surface area contributed by atoms with Gasteiger partial charge in [-0.05, 0) is 36.8 Å². The van der Waals surface area contributed by atoms with Crippen LogP contribution in [0.2, 0.25) is 0 Å². The molecule has 0 aliphatic rings. The number of benzene rings is 2. The number of carbonyl (C=O) groups is 1. The van der Waals surface area contributed by atoms with Gasteiger partial charge in [0.05, 0.1) is 16.2 Å². The molecule has 0 bridgehead atoms. The van der Waals surface area contributed by atoms with Gasteiger partial charge >= 0.3 is 0 Å². The molecule has 0 fully saturated rings. The van der Waals surface area contributed by atoms with E-state index in [9.17, 15) is 14.9 Å². The van der Waals surface area contributed by atoms with E-state index in [1.807, 2.05) is 43.3 Å². The molecule has 4 aromatic rings. The number of aromatic nitrogens is 2. The van der Waals surface area contributed by atoms with Crippen molar-refractivity contribution in [1.82, 2.24) is 15.1 Å². The third kappa shape index (κ3) is 3.97. The highest BCUT2D eigenvalue weighted by molar-refractivity contribution is 5.99. The van der Waals surface area contributed by atoms with Crippen molar-refractivity contribution in [2.24, 2.45) is 0 Å². The van der Waals surface area contributed by atoms with Gasteiger partial charge in [-0.3, -0.25) is 14.9 Å². The smallest absolute Gasteiger partial charge is 0.269 e. The predicted octanol–water partition coefficient (Wildman–Crippen LogP) is 4.28. The summed E-state index contributed by atoms with van der Waals surface area (Å²) in [4.78, 5) is 23.2. The molecule has 0 unspecified atom stereocenters. The van der Waals surface area contributed by atoms with Gasteiger partial charge in [-0.1, -0.05) is 30.3 Å². The van der Waals surface area contributed by atoms with Crippen LogP contribution in [0.3, 0.4) is 0 Å². The van der Waals surface area contributed by atoms with Crippen molar-refractivity contribution < 1.29 is 14.1 Å². The lowest BCUT2D eigenvalue weighted by molar-refractivity contribution is -0.384. The van der Waals surface area contributed by atoms with Gasteiger partial charge in [-0.2, -0.15) is 5.10 Å². The van der Waals surface area contributed by atoms with Crippen molar-refractivity contribution in [1.29, 1.82) is 0 Å². The lowest BCUT2D eigenvalue weighted by Gasteiger charge is -2.05. The Bertz CT molecular complexity index is 1190. The zero-order valence-corrected chi connectivity index (χ0v) is 16.1. The number of nitrogens with zero attached hydrogens (tertiary/aromatic N) is 3. The average molecular weight is 402 g/mol. The number of nitrogens with one attached hydrogen (secondary N) is 1. The Labute approximate surface area is 171 Å². The molecule has 1 N–H and O–H groups in total. The molecule has 150 valence electrons. The Kier molecular flexibility index (Phi) is 5.13.